The maximum absolute atomic E-state index is 11.2. The van der Waals surface area contributed by atoms with Gasteiger partial charge in [-0.25, -0.2) is 9.97 Å². The Morgan fingerprint density at radius 2 is 1.95 bits per heavy atom. The van der Waals surface area contributed by atoms with Gasteiger partial charge in [-0.3, -0.25) is 4.79 Å². The molecular weight excluding hydrogens is 240 g/mol. The third kappa shape index (κ3) is 3.13. The molecule has 0 atom stereocenters. The molecule has 19 heavy (non-hydrogen) atoms. The van der Waals surface area contributed by atoms with E-state index in [2.05, 4.69) is 15.3 Å². The summed E-state index contributed by atoms with van der Waals surface area (Å²) in [6.07, 6.45) is 0. The van der Waals surface area contributed by atoms with Gasteiger partial charge in [0.2, 0.25) is 5.95 Å². The quantitative estimate of drug-likeness (QED) is 0.849. The van der Waals surface area contributed by atoms with Crippen molar-refractivity contribution in [3.8, 4) is 6.07 Å². The fraction of sp³-hybridized carbons (Fsp3) is 0.143. The molecule has 0 saturated heterocycles. The van der Waals surface area contributed by atoms with Crippen molar-refractivity contribution < 1.29 is 4.79 Å². The number of nitrogens with zero attached hydrogens (tertiary/aromatic N) is 3. The number of nitrogens with one attached hydrogen (secondary N) is 1. The molecule has 1 N–H and O–H groups in total. The number of Topliss-reactive ketones (excluding diaryl/α,β-unsaturated/α-hetero) is 1. The van der Waals surface area contributed by atoms with Crippen molar-refractivity contribution in [2.24, 2.45) is 0 Å². The predicted molar refractivity (Wildman–Crippen MR) is 71.2 cm³/mol. The van der Waals surface area contributed by atoms with Gasteiger partial charge in [-0.2, -0.15) is 5.26 Å². The van der Waals surface area contributed by atoms with Gasteiger partial charge in [-0.15, -0.1) is 0 Å². The molecule has 0 aliphatic rings. The summed E-state index contributed by atoms with van der Waals surface area (Å²) in [7, 11) is 0. The number of nitriles is 1. The molecule has 0 amide bonds. The van der Waals surface area contributed by atoms with E-state index in [4.69, 9.17) is 5.26 Å². The third-order valence-electron chi connectivity index (χ3n) is 2.52. The molecule has 0 fully saturated rings. The lowest BCUT2D eigenvalue weighted by Crippen LogP contribution is -2.00. The summed E-state index contributed by atoms with van der Waals surface area (Å²) in [5.41, 5.74) is 2.44. The summed E-state index contributed by atoms with van der Waals surface area (Å²) in [6, 6.07) is 10.6. The van der Waals surface area contributed by atoms with Crippen LogP contribution in [0.1, 0.15) is 28.7 Å². The van der Waals surface area contributed by atoms with E-state index < -0.39 is 0 Å². The summed E-state index contributed by atoms with van der Waals surface area (Å²) in [5.74, 6) is 0.386. The monoisotopic (exact) mass is 252 g/mol. The largest absolute Gasteiger partial charge is 0.324 e. The van der Waals surface area contributed by atoms with E-state index in [0.717, 1.165) is 11.4 Å². The molecule has 1 aromatic heterocycles. The van der Waals surface area contributed by atoms with Crippen LogP contribution in [-0.2, 0) is 0 Å². The molecule has 94 valence electrons. The zero-order valence-corrected chi connectivity index (χ0v) is 10.6. The average Bonchev–Trinajstić information content (AvgIpc) is 2.38. The Kier molecular flexibility index (Phi) is 3.53. The van der Waals surface area contributed by atoms with Gasteiger partial charge in [0.25, 0.3) is 0 Å². The first kappa shape index (κ1) is 12.7. The van der Waals surface area contributed by atoms with E-state index in [0.29, 0.717) is 17.2 Å². The van der Waals surface area contributed by atoms with Crippen LogP contribution in [0.15, 0.2) is 30.3 Å². The lowest BCUT2D eigenvalue weighted by Gasteiger charge is -2.06. The van der Waals surface area contributed by atoms with Gasteiger partial charge in [0.15, 0.2) is 5.78 Å². The minimum Gasteiger partial charge on any atom is -0.324 e. The predicted octanol–water partition coefficient (Wildman–Crippen LogP) is 2.60. The molecule has 0 aliphatic heterocycles. The number of aryl methyl sites for hydroxylation is 1. The number of hydrogen-bond donors (Lipinski definition) is 1. The summed E-state index contributed by atoms with van der Waals surface area (Å²) in [6.45, 7) is 3.32. The van der Waals surface area contributed by atoms with Gasteiger partial charge < -0.3 is 5.32 Å². The number of carbonyl (C=O) groups excluding carboxylic acids is 1. The standard InChI is InChI=1S/C14H12N4O/c1-9-7-13(8-15)18-14(16-9)17-12-5-3-11(4-6-12)10(2)19/h3-7H,1-2H3,(H,16,17,18). The van der Waals surface area contributed by atoms with E-state index in [-0.39, 0.29) is 5.78 Å². The van der Waals surface area contributed by atoms with Crippen LogP contribution in [-0.4, -0.2) is 15.8 Å². The van der Waals surface area contributed by atoms with Gasteiger partial charge in [0, 0.05) is 16.9 Å². The van der Waals surface area contributed by atoms with Crippen molar-refractivity contribution >= 4 is 17.4 Å². The molecule has 5 heteroatoms. The Morgan fingerprint density at radius 1 is 1.26 bits per heavy atom. The Bertz CT molecular complexity index is 656. The van der Waals surface area contributed by atoms with Crippen molar-refractivity contribution in [2.45, 2.75) is 13.8 Å². The molecule has 2 aromatic rings. The fourth-order valence-electron chi connectivity index (χ4n) is 1.60. The summed E-state index contributed by atoms with van der Waals surface area (Å²) in [4.78, 5) is 19.4. The highest BCUT2D eigenvalue weighted by Gasteiger charge is 2.03. The second-order valence-corrected chi connectivity index (χ2v) is 4.09. The SMILES string of the molecule is CC(=O)c1ccc(Nc2nc(C)cc(C#N)n2)cc1. The van der Waals surface area contributed by atoms with Crippen molar-refractivity contribution in [3.05, 3.63) is 47.3 Å². The Morgan fingerprint density at radius 3 is 2.53 bits per heavy atom. The summed E-state index contributed by atoms with van der Waals surface area (Å²) >= 11 is 0. The van der Waals surface area contributed by atoms with Crippen LogP contribution in [0.4, 0.5) is 11.6 Å². The molecule has 1 heterocycles. The lowest BCUT2D eigenvalue weighted by molar-refractivity contribution is 0.101. The van der Waals surface area contributed by atoms with E-state index in [1.807, 2.05) is 6.07 Å². The maximum atomic E-state index is 11.2. The molecule has 0 saturated carbocycles. The van der Waals surface area contributed by atoms with Crippen LogP contribution < -0.4 is 5.32 Å². The van der Waals surface area contributed by atoms with Gasteiger partial charge in [0.05, 0.1) is 0 Å². The molecule has 0 radical (unpaired) electrons. The lowest BCUT2D eigenvalue weighted by atomic mass is 10.1. The number of benzene rings is 1. The van der Waals surface area contributed by atoms with Gasteiger partial charge in [-0.05, 0) is 44.2 Å². The zero-order chi connectivity index (χ0) is 13.8. The van der Waals surface area contributed by atoms with E-state index in [9.17, 15) is 4.79 Å². The van der Waals surface area contributed by atoms with Crippen molar-refractivity contribution in [2.75, 3.05) is 5.32 Å². The maximum Gasteiger partial charge on any atom is 0.228 e. The first-order valence-electron chi connectivity index (χ1n) is 5.72. The molecule has 0 bridgehead atoms. The highest BCUT2D eigenvalue weighted by Crippen LogP contribution is 2.15. The van der Waals surface area contributed by atoms with Crippen LogP contribution in [0.5, 0.6) is 0 Å². The molecule has 2 rings (SSSR count). The number of hydrogen-bond acceptors (Lipinski definition) is 5. The fourth-order valence-corrected chi connectivity index (χ4v) is 1.60. The molecule has 1 aromatic carbocycles. The minimum absolute atomic E-state index is 0.0186. The second kappa shape index (κ2) is 5.27. The third-order valence-corrected chi connectivity index (χ3v) is 2.52. The van der Waals surface area contributed by atoms with Crippen molar-refractivity contribution in [1.29, 1.82) is 5.26 Å². The van der Waals surface area contributed by atoms with E-state index >= 15 is 0 Å². The van der Waals surface area contributed by atoms with Gasteiger partial charge in [-0.1, -0.05) is 0 Å². The number of ketones is 1. The Labute approximate surface area is 110 Å². The van der Waals surface area contributed by atoms with E-state index in [1.54, 1.807) is 37.3 Å². The molecule has 0 spiro atoms. The number of rotatable bonds is 3. The number of carbonyl (C=O) groups is 1. The number of anilines is 2. The van der Waals surface area contributed by atoms with Crippen LogP contribution >= 0.6 is 0 Å². The Hall–Kier alpha value is -2.74. The average molecular weight is 252 g/mol. The zero-order valence-electron chi connectivity index (χ0n) is 10.6. The van der Waals surface area contributed by atoms with Crippen LogP contribution in [0.2, 0.25) is 0 Å². The first-order valence-corrected chi connectivity index (χ1v) is 5.72. The van der Waals surface area contributed by atoms with Crippen molar-refractivity contribution in [1.82, 2.24) is 9.97 Å². The van der Waals surface area contributed by atoms with Crippen LogP contribution in [0, 0.1) is 18.3 Å². The highest BCUT2D eigenvalue weighted by molar-refractivity contribution is 5.94. The van der Waals surface area contributed by atoms with Crippen LogP contribution in [0.3, 0.4) is 0 Å². The molecule has 5 nitrogen and oxygen atoms in total. The van der Waals surface area contributed by atoms with E-state index in [1.165, 1.54) is 6.92 Å². The summed E-state index contributed by atoms with van der Waals surface area (Å²) in [5, 5.41) is 11.8. The number of aromatic nitrogens is 2. The smallest absolute Gasteiger partial charge is 0.228 e. The normalized spacial score (nSPS) is 9.74. The molecule has 0 unspecified atom stereocenters. The van der Waals surface area contributed by atoms with Gasteiger partial charge >= 0.3 is 0 Å². The first-order chi connectivity index (χ1) is 9.08. The van der Waals surface area contributed by atoms with Gasteiger partial charge in [0.1, 0.15) is 11.8 Å². The Balaban J connectivity index is 2.24. The molecule has 0 aliphatic carbocycles. The topological polar surface area (TPSA) is 78.7 Å². The summed E-state index contributed by atoms with van der Waals surface area (Å²) < 4.78 is 0. The van der Waals surface area contributed by atoms with Crippen molar-refractivity contribution in [3.63, 3.8) is 0 Å². The highest BCUT2D eigenvalue weighted by atomic mass is 16.1. The van der Waals surface area contributed by atoms with Crippen LogP contribution in [0.25, 0.3) is 0 Å². The minimum atomic E-state index is 0.0186. The second-order valence-electron chi connectivity index (χ2n) is 4.09. The molecular formula is C14H12N4O.